The molecule has 0 amide bonds. The molecular formula is C20H18O5. The van der Waals surface area contributed by atoms with Crippen LogP contribution >= 0.6 is 0 Å². The third-order valence-corrected chi connectivity index (χ3v) is 4.03. The van der Waals surface area contributed by atoms with Crippen molar-refractivity contribution in [2.24, 2.45) is 0 Å². The van der Waals surface area contributed by atoms with Crippen molar-refractivity contribution in [3.63, 3.8) is 0 Å². The van der Waals surface area contributed by atoms with Crippen LogP contribution in [0.15, 0.2) is 54.6 Å². The smallest absolute Gasteiger partial charge is 0.347 e. The van der Waals surface area contributed by atoms with Crippen LogP contribution in [0.4, 0.5) is 0 Å². The Labute approximate surface area is 145 Å². The van der Waals surface area contributed by atoms with Crippen LogP contribution in [0, 0.1) is 0 Å². The van der Waals surface area contributed by atoms with E-state index in [1.54, 1.807) is 12.1 Å². The van der Waals surface area contributed by atoms with Gasteiger partial charge in [-0.1, -0.05) is 54.6 Å². The molecule has 5 heteroatoms. The quantitative estimate of drug-likeness (QED) is 0.598. The largest absolute Gasteiger partial charge is 0.463 e. The van der Waals surface area contributed by atoms with Gasteiger partial charge < -0.3 is 9.47 Å². The van der Waals surface area contributed by atoms with Crippen molar-refractivity contribution in [1.29, 1.82) is 0 Å². The molecule has 0 radical (unpaired) electrons. The number of carbonyl (C=O) groups is 3. The summed E-state index contributed by atoms with van der Waals surface area (Å²) >= 11 is 0. The number of hydrogen-bond donors (Lipinski definition) is 0. The molecule has 3 rings (SSSR count). The van der Waals surface area contributed by atoms with Gasteiger partial charge in [-0.3, -0.25) is 9.59 Å². The van der Waals surface area contributed by atoms with Crippen LogP contribution in [0.5, 0.6) is 0 Å². The molecule has 1 aliphatic rings. The number of hydrogen-bond acceptors (Lipinski definition) is 5. The van der Waals surface area contributed by atoms with Gasteiger partial charge in [-0.2, -0.15) is 0 Å². The highest BCUT2D eigenvalue weighted by atomic mass is 16.6. The number of Topliss-reactive ketones (excluding diaryl/α,β-unsaturated/α-hetero) is 1. The second-order valence-corrected chi connectivity index (χ2v) is 5.80. The Bertz CT molecular complexity index is 764. The first-order valence-corrected chi connectivity index (χ1v) is 8.18. The molecule has 0 aromatic heterocycles. The van der Waals surface area contributed by atoms with E-state index in [4.69, 9.17) is 9.47 Å². The first-order chi connectivity index (χ1) is 12.1. The van der Waals surface area contributed by atoms with E-state index in [0.717, 1.165) is 11.1 Å². The monoisotopic (exact) mass is 338 g/mol. The van der Waals surface area contributed by atoms with E-state index in [1.165, 1.54) is 0 Å². The number of cyclic esters (lactones) is 1. The maximum atomic E-state index is 12.2. The fourth-order valence-electron chi connectivity index (χ4n) is 2.64. The SMILES string of the molecule is O=C(CCC(=O)c1ccc(-c2ccccc2)cc1)O[C@H]1CCOC1=O. The molecule has 0 spiro atoms. The van der Waals surface area contributed by atoms with E-state index < -0.39 is 18.0 Å². The minimum Gasteiger partial charge on any atom is -0.463 e. The maximum Gasteiger partial charge on any atom is 0.347 e. The Hall–Kier alpha value is -2.95. The third-order valence-electron chi connectivity index (χ3n) is 4.03. The highest BCUT2D eigenvalue weighted by molar-refractivity contribution is 5.98. The van der Waals surface area contributed by atoms with Crippen LogP contribution in [0.25, 0.3) is 11.1 Å². The minimum atomic E-state index is -0.826. The van der Waals surface area contributed by atoms with Crippen LogP contribution in [0.1, 0.15) is 29.6 Å². The second-order valence-electron chi connectivity index (χ2n) is 5.80. The number of carbonyl (C=O) groups excluding carboxylic acids is 3. The van der Waals surface area contributed by atoms with Gasteiger partial charge in [0, 0.05) is 18.4 Å². The van der Waals surface area contributed by atoms with E-state index in [9.17, 15) is 14.4 Å². The highest BCUT2D eigenvalue weighted by Gasteiger charge is 2.30. The molecule has 0 aliphatic carbocycles. The molecule has 0 N–H and O–H groups in total. The van der Waals surface area contributed by atoms with Crippen LogP contribution in [-0.4, -0.2) is 30.4 Å². The Morgan fingerprint density at radius 3 is 2.28 bits per heavy atom. The Kier molecular flexibility index (Phi) is 5.23. The van der Waals surface area contributed by atoms with Gasteiger partial charge in [0.15, 0.2) is 5.78 Å². The van der Waals surface area contributed by atoms with Gasteiger partial charge in [-0.05, 0) is 11.1 Å². The van der Waals surface area contributed by atoms with E-state index in [1.807, 2.05) is 42.5 Å². The van der Waals surface area contributed by atoms with Crippen molar-refractivity contribution in [1.82, 2.24) is 0 Å². The summed E-state index contributed by atoms with van der Waals surface area (Å²) in [7, 11) is 0. The molecular weight excluding hydrogens is 320 g/mol. The zero-order chi connectivity index (χ0) is 17.6. The molecule has 0 saturated carbocycles. The number of rotatable bonds is 6. The number of esters is 2. The van der Waals surface area contributed by atoms with Crippen LogP contribution in [0.3, 0.4) is 0 Å². The summed E-state index contributed by atoms with van der Waals surface area (Å²) in [6, 6.07) is 17.1. The Balaban J connectivity index is 1.53. The lowest BCUT2D eigenvalue weighted by Crippen LogP contribution is -2.22. The summed E-state index contributed by atoms with van der Waals surface area (Å²) in [5, 5.41) is 0. The van der Waals surface area contributed by atoms with Gasteiger partial charge in [0.25, 0.3) is 0 Å². The van der Waals surface area contributed by atoms with Crippen molar-refractivity contribution in [2.45, 2.75) is 25.4 Å². The second kappa shape index (κ2) is 7.75. The molecule has 25 heavy (non-hydrogen) atoms. The van der Waals surface area contributed by atoms with Gasteiger partial charge in [-0.25, -0.2) is 4.79 Å². The molecule has 5 nitrogen and oxygen atoms in total. The summed E-state index contributed by atoms with van der Waals surface area (Å²) in [5.74, 6) is -1.21. The van der Waals surface area contributed by atoms with Crippen molar-refractivity contribution in [2.75, 3.05) is 6.61 Å². The standard InChI is InChI=1S/C20H18O5/c21-17(10-11-19(22)25-18-12-13-24-20(18)23)16-8-6-15(7-9-16)14-4-2-1-3-5-14/h1-9,18H,10-13H2/t18-/m0/s1. The molecule has 0 bridgehead atoms. The lowest BCUT2D eigenvalue weighted by atomic mass is 10.0. The van der Waals surface area contributed by atoms with E-state index >= 15 is 0 Å². The summed E-state index contributed by atoms with van der Waals surface area (Å²) in [4.78, 5) is 35.2. The predicted molar refractivity (Wildman–Crippen MR) is 90.9 cm³/mol. The topological polar surface area (TPSA) is 69.7 Å². The van der Waals surface area contributed by atoms with Gasteiger partial charge in [0.1, 0.15) is 0 Å². The average Bonchev–Trinajstić information content (AvgIpc) is 3.05. The maximum absolute atomic E-state index is 12.2. The normalized spacial score (nSPS) is 16.3. The molecule has 0 unspecified atom stereocenters. The predicted octanol–water partition coefficient (Wildman–Crippen LogP) is 3.18. The van der Waals surface area contributed by atoms with Gasteiger partial charge in [0.05, 0.1) is 13.0 Å². The minimum absolute atomic E-state index is 0.0469. The molecule has 2 aromatic rings. The van der Waals surface area contributed by atoms with Crippen molar-refractivity contribution in [3.05, 3.63) is 60.2 Å². The van der Waals surface area contributed by atoms with Crippen LogP contribution < -0.4 is 0 Å². The summed E-state index contributed by atoms with van der Waals surface area (Å²) < 4.78 is 9.75. The molecule has 1 heterocycles. The van der Waals surface area contributed by atoms with E-state index in [-0.39, 0.29) is 25.2 Å². The summed E-state index contributed by atoms with van der Waals surface area (Å²) in [6.07, 6.45) is -0.457. The number of ketones is 1. The van der Waals surface area contributed by atoms with Crippen molar-refractivity contribution >= 4 is 17.7 Å². The van der Waals surface area contributed by atoms with Gasteiger partial charge in [0.2, 0.25) is 6.10 Å². The lowest BCUT2D eigenvalue weighted by Gasteiger charge is -2.08. The zero-order valence-corrected chi connectivity index (χ0v) is 13.6. The van der Waals surface area contributed by atoms with Gasteiger partial charge >= 0.3 is 11.9 Å². The van der Waals surface area contributed by atoms with Gasteiger partial charge in [-0.15, -0.1) is 0 Å². The third kappa shape index (κ3) is 4.32. The van der Waals surface area contributed by atoms with Crippen molar-refractivity contribution < 1.29 is 23.9 Å². The Morgan fingerprint density at radius 2 is 1.64 bits per heavy atom. The highest BCUT2D eigenvalue weighted by Crippen LogP contribution is 2.20. The molecule has 1 atom stereocenters. The Morgan fingerprint density at radius 1 is 0.960 bits per heavy atom. The fraction of sp³-hybridized carbons (Fsp3) is 0.250. The average molecular weight is 338 g/mol. The van der Waals surface area contributed by atoms with Crippen LogP contribution in [0.2, 0.25) is 0 Å². The number of ether oxygens (including phenoxy) is 2. The molecule has 128 valence electrons. The molecule has 1 aliphatic heterocycles. The van der Waals surface area contributed by atoms with Crippen LogP contribution in [-0.2, 0) is 19.1 Å². The van der Waals surface area contributed by atoms with E-state index in [2.05, 4.69) is 0 Å². The number of benzene rings is 2. The molecule has 1 saturated heterocycles. The summed E-state index contributed by atoms with van der Waals surface area (Å²) in [6.45, 7) is 0.267. The molecule has 2 aromatic carbocycles. The molecule has 1 fully saturated rings. The lowest BCUT2D eigenvalue weighted by molar-refractivity contribution is -0.160. The zero-order valence-electron chi connectivity index (χ0n) is 13.6. The van der Waals surface area contributed by atoms with E-state index in [0.29, 0.717) is 12.0 Å². The first kappa shape index (κ1) is 16.9. The first-order valence-electron chi connectivity index (χ1n) is 8.18. The van der Waals surface area contributed by atoms with Crippen molar-refractivity contribution in [3.8, 4) is 11.1 Å². The fourth-order valence-corrected chi connectivity index (χ4v) is 2.64. The summed E-state index contributed by atoms with van der Waals surface area (Å²) in [5.41, 5.74) is 2.65.